The molecule has 2 rings (SSSR count). The van der Waals surface area contributed by atoms with Gasteiger partial charge in [0.2, 0.25) is 0 Å². The SMILES string of the molecule is Cc1nc2cc(CCl)ccc2n1C.Cl. The van der Waals surface area contributed by atoms with E-state index in [2.05, 4.69) is 15.6 Å². The highest BCUT2D eigenvalue weighted by atomic mass is 35.5. The molecule has 4 heteroatoms. The molecule has 0 spiro atoms. The maximum absolute atomic E-state index is 5.74. The van der Waals surface area contributed by atoms with Crippen LogP contribution < -0.4 is 0 Å². The van der Waals surface area contributed by atoms with Crippen molar-refractivity contribution < 1.29 is 0 Å². The number of nitrogens with zero attached hydrogens (tertiary/aromatic N) is 2. The Labute approximate surface area is 94.3 Å². The van der Waals surface area contributed by atoms with Crippen molar-refractivity contribution in [1.82, 2.24) is 9.55 Å². The van der Waals surface area contributed by atoms with Crippen molar-refractivity contribution in [2.75, 3.05) is 0 Å². The third-order valence-corrected chi connectivity index (χ3v) is 2.63. The second kappa shape index (κ2) is 4.20. The third-order valence-electron chi connectivity index (χ3n) is 2.32. The van der Waals surface area contributed by atoms with Gasteiger partial charge in [-0.25, -0.2) is 4.98 Å². The van der Waals surface area contributed by atoms with Crippen molar-refractivity contribution in [3.05, 3.63) is 29.6 Å². The predicted molar refractivity (Wildman–Crippen MR) is 62.3 cm³/mol. The summed E-state index contributed by atoms with van der Waals surface area (Å²) in [5.74, 6) is 1.58. The van der Waals surface area contributed by atoms with Gasteiger partial charge in [0.15, 0.2) is 0 Å². The molecule has 0 N–H and O–H groups in total. The second-order valence-corrected chi connectivity index (χ2v) is 3.44. The molecule has 0 amide bonds. The van der Waals surface area contributed by atoms with Gasteiger partial charge in [0.1, 0.15) is 5.82 Å². The molecule has 0 aliphatic rings. The maximum Gasteiger partial charge on any atom is 0.106 e. The summed E-state index contributed by atoms with van der Waals surface area (Å²) in [4.78, 5) is 4.43. The van der Waals surface area contributed by atoms with Gasteiger partial charge in [0, 0.05) is 12.9 Å². The van der Waals surface area contributed by atoms with Crippen molar-refractivity contribution in [2.45, 2.75) is 12.8 Å². The van der Waals surface area contributed by atoms with E-state index in [1.807, 2.05) is 26.1 Å². The van der Waals surface area contributed by atoms with Gasteiger partial charge in [0.05, 0.1) is 11.0 Å². The van der Waals surface area contributed by atoms with Crippen LogP contribution in [0.4, 0.5) is 0 Å². The van der Waals surface area contributed by atoms with Crippen LogP contribution in [0.3, 0.4) is 0 Å². The summed E-state index contributed by atoms with van der Waals surface area (Å²) in [5.41, 5.74) is 3.30. The number of hydrogen-bond donors (Lipinski definition) is 0. The number of rotatable bonds is 1. The Balaban J connectivity index is 0.000000980. The van der Waals surface area contributed by atoms with E-state index in [-0.39, 0.29) is 12.4 Å². The zero-order valence-electron chi connectivity index (χ0n) is 8.12. The summed E-state index contributed by atoms with van der Waals surface area (Å²) >= 11 is 5.74. The Hall–Kier alpha value is -0.730. The molecule has 0 saturated carbocycles. The lowest BCUT2D eigenvalue weighted by Crippen LogP contribution is -1.89. The summed E-state index contributed by atoms with van der Waals surface area (Å²) in [5, 5.41) is 0. The molecule has 1 heterocycles. The number of halogens is 2. The summed E-state index contributed by atoms with van der Waals surface area (Å²) in [7, 11) is 2.02. The van der Waals surface area contributed by atoms with Gasteiger partial charge in [-0.15, -0.1) is 24.0 Å². The largest absolute Gasteiger partial charge is 0.331 e. The molecule has 0 aliphatic heterocycles. The van der Waals surface area contributed by atoms with E-state index in [0.29, 0.717) is 5.88 Å². The van der Waals surface area contributed by atoms with Crippen LogP contribution in [0.2, 0.25) is 0 Å². The first-order valence-electron chi connectivity index (χ1n) is 4.20. The average Bonchev–Trinajstić information content (AvgIpc) is 2.42. The highest BCUT2D eigenvalue weighted by Gasteiger charge is 2.03. The summed E-state index contributed by atoms with van der Waals surface area (Å²) < 4.78 is 2.08. The summed E-state index contributed by atoms with van der Waals surface area (Å²) in [6, 6.07) is 6.14. The van der Waals surface area contributed by atoms with E-state index < -0.39 is 0 Å². The Morgan fingerprint density at radius 1 is 1.43 bits per heavy atom. The number of aryl methyl sites for hydroxylation is 2. The third kappa shape index (κ3) is 1.72. The molecule has 2 aromatic rings. The Morgan fingerprint density at radius 3 is 2.79 bits per heavy atom. The van der Waals surface area contributed by atoms with Crippen molar-refractivity contribution in [3.8, 4) is 0 Å². The zero-order chi connectivity index (χ0) is 9.42. The molecule has 76 valence electrons. The second-order valence-electron chi connectivity index (χ2n) is 3.17. The standard InChI is InChI=1S/C10H11ClN2.ClH/c1-7-12-9-5-8(6-11)3-4-10(9)13(7)2;/h3-5H,6H2,1-2H3;1H. The van der Waals surface area contributed by atoms with Crippen LogP contribution in [0.15, 0.2) is 18.2 Å². The van der Waals surface area contributed by atoms with E-state index in [9.17, 15) is 0 Å². The average molecular weight is 231 g/mol. The fourth-order valence-corrected chi connectivity index (χ4v) is 1.62. The van der Waals surface area contributed by atoms with Gasteiger partial charge in [-0.05, 0) is 24.6 Å². The fourth-order valence-electron chi connectivity index (χ4n) is 1.45. The first-order valence-corrected chi connectivity index (χ1v) is 4.74. The minimum absolute atomic E-state index is 0. The number of benzene rings is 1. The zero-order valence-corrected chi connectivity index (χ0v) is 9.69. The van der Waals surface area contributed by atoms with Crippen LogP contribution in [-0.2, 0) is 12.9 Å². The van der Waals surface area contributed by atoms with Gasteiger partial charge in [-0.3, -0.25) is 0 Å². The minimum atomic E-state index is 0. The number of hydrogen-bond acceptors (Lipinski definition) is 1. The lowest BCUT2D eigenvalue weighted by Gasteiger charge is -1.97. The van der Waals surface area contributed by atoms with Crippen LogP contribution in [-0.4, -0.2) is 9.55 Å². The molecule has 0 atom stereocenters. The normalized spacial score (nSPS) is 10.2. The molecule has 0 radical (unpaired) electrons. The number of alkyl halides is 1. The van der Waals surface area contributed by atoms with E-state index >= 15 is 0 Å². The topological polar surface area (TPSA) is 17.8 Å². The quantitative estimate of drug-likeness (QED) is 0.689. The number of fused-ring (bicyclic) bond motifs is 1. The van der Waals surface area contributed by atoms with Crippen molar-refractivity contribution in [3.63, 3.8) is 0 Å². The lowest BCUT2D eigenvalue weighted by atomic mass is 10.2. The number of imidazole rings is 1. The highest BCUT2D eigenvalue weighted by molar-refractivity contribution is 6.17. The minimum Gasteiger partial charge on any atom is -0.331 e. The molecule has 14 heavy (non-hydrogen) atoms. The molecule has 1 aromatic heterocycles. The molecule has 0 saturated heterocycles. The monoisotopic (exact) mass is 230 g/mol. The fraction of sp³-hybridized carbons (Fsp3) is 0.300. The molecule has 0 aliphatic carbocycles. The van der Waals surface area contributed by atoms with Crippen LogP contribution in [0.5, 0.6) is 0 Å². The molecule has 0 fully saturated rings. The van der Waals surface area contributed by atoms with E-state index in [4.69, 9.17) is 11.6 Å². The number of aromatic nitrogens is 2. The molecule has 0 unspecified atom stereocenters. The van der Waals surface area contributed by atoms with Gasteiger partial charge < -0.3 is 4.57 Å². The van der Waals surface area contributed by atoms with Crippen molar-refractivity contribution >= 4 is 35.0 Å². The van der Waals surface area contributed by atoms with Gasteiger partial charge >= 0.3 is 0 Å². The van der Waals surface area contributed by atoms with E-state index in [0.717, 1.165) is 22.4 Å². The summed E-state index contributed by atoms with van der Waals surface area (Å²) in [6.45, 7) is 2.00. The molecule has 1 aromatic carbocycles. The molecule has 2 nitrogen and oxygen atoms in total. The summed E-state index contributed by atoms with van der Waals surface area (Å²) in [6.07, 6.45) is 0. The first-order chi connectivity index (χ1) is 6.22. The maximum atomic E-state index is 5.74. The van der Waals surface area contributed by atoms with Gasteiger partial charge in [0.25, 0.3) is 0 Å². The Bertz CT molecular complexity index is 449. The highest BCUT2D eigenvalue weighted by Crippen LogP contribution is 2.17. The lowest BCUT2D eigenvalue weighted by molar-refractivity contribution is 0.886. The van der Waals surface area contributed by atoms with E-state index in [1.165, 1.54) is 0 Å². The van der Waals surface area contributed by atoms with Crippen LogP contribution in [0.1, 0.15) is 11.4 Å². The smallest absolute Gasteiger partial charge is 0.106 e. The van der Waals surface area contributed by atoms with Gasteiger partial charge in [-0.2, -0.15) is 0 Å². The van der Waals surface area contributed by atoms with Gasteiger partial charge in [-0.1, -0.05) is 6.07 Å². The van der Waals surface area contributed by atoms with Crippen LogP contribution >= 0.6 is 24.0 Å². The van der Waals surface area contributed by atoms with Crippen molar-refractivity contribution in [1.29, 1.82) is 0 Å². The molecule has 0 bridgehead atoms. The van der Waals surface area contributed by atoms with Crippen molar-refractivity contribution in [2.24, 2.45) is 7.05 Å². The van der Waals surface area contributed by atoms with Crippen LogP contribution in [0, 0.1) is 6.92 Å². The Kier molecular flexibility index (Phi) is 3.40. The Morgan fingerprint density at radius 2 is 2.14 bits per heavy atom. The predicted octanol–water partition coefficient (Wildman–Crippen LogP) is 3.04. The first kappa shape index (κ1) is 11.3. The van der Waals surface area contributed by atoms with E-state index in [1.54, 1.807) is 0 Å². The molecular weight excluding hydrogens is 219 g/mol. The molecular formula is C10H12Cl2N2. The van der Waals surface area contributed by atoms with Crippen LogP contribution in [0.25, 0.3) is 11.0 Å².